The van der Waals surface area contributed by atoms with Gasteiger partial charge in [-0.1, -0.05) is 28.1 Å². The second-order valence-corrected chi connectivity index (χ2v) is 5.11. The highest BCUT2D eigenvalue weighted by Gasteiger charge is 2.01. The number of anilines is 2. The summed E-state index contributed by atoms with van der Waals surface area (Å²) in [5.74, 6) is 0.839. The summed E-state index contributed by atoms with van der Waals surface area (Å²) in [6, 6.07) is 12.5. The van der Waals surface area contributed by atoms with Crippen LogP contribution < -0.4 is 5.32 Å². The van der Waals surface area contributed by atoms with Crippen LogP contribution in [0.2, 0.25) is 0 Å². The molecule has 3 rings (SSSR count). The molecule has 1 N–H and O–H groups in total. The van der Waals surface area contributed by atoms with E-state index in [-0.39, 0.29) is 0 Å². The van der Waals surface area contributed by atoms with Crippen LogP contribution in [-0.2, 0) is 7.05 Å². The van der Waals surface area contributed by atoms with Crippen LogP contribution >= 0.6 is 15.9 Å². The van der Waals surface area contributed by atoms with Gasteiger partial charge in [-0.3, -0.25) is 0 Å². The Bertz CT molecular complexity index is 703. The van der Waals surface area contributed by atoms with Gasteiger partial charge in [0.1, 0.15) is 0 Å². The summed E-state index contributed by atoms with van der Waals surface area (Å²) >= 11 is 3.48. The first-order chi connectivity index (χ1) is 8.72. The SMILES string of the molecule is Cn1ccnc1Nc1ccc2cc(Br)ccc2c1. The van der Waals surface area contributed by atoms with Gasteiger partial charge in [0.2, 0.25) is 5.95 Å². The number of hydrogen-bond acceptors (Lipinski definition) is 2. The van der Waals surface area contributed by atoms with Gasteiger partial charge in [0.15, 0.2) is 0 Å². The summed E-state index contributed by atoms with van der Waals surface area (Å²) in [7, 11) is 1.97. The van der Waals surface area contributed by atoms with E-state index < -0.39 is 0 Å². The minimum Gasteiger partial charge on any atom is -0.326 e. The lowest BCUT2D eigenvalue weighted by Crippen LogP contribution is -1.98. The molecule has 0 atom stereocenters. The van der Waals surface area contributed by atoms with Crippen molar-refractivity contribution < 1.29 is 0 Å². The number of nitrogens with zero attached hydrogens (tertiary/aromatic N) is 2. The zero-order valence-corrected chi connectivity index (χ0v) is 11.5. The maximum Gasteiger partial charge on any atom is 0.207 e. The fourth-order valence-corrected chi connectivity index (χ4v) is 2.29. The lowest BCUT2D eigenvalue weighted by Gasteiger charge is -2.07. The summed E-state index contributed by atoms with van der Waals surface area (Å²) in [5, 5.41) is 5.72. The Morgan fingerprint density at radius 2 is 1.89 bits per heavy atom. The molecule has 0 spiro atoms. The Morgan fingerprint density at radius 1 is 1.11 bits per heavy atom. The van der Waals surface area contributed by atoms with Crippen molar-refractivity contribution in [1.29, 1.82) is 0 Å². The van der Waals surface area contributed by atoms with E-state index in [1.807, 2.05) is 23.9 Å². The minimum absolute atomic E-state index is 0.839. The molecule has 0 aliphatic heterocycles. The standard InChI is InChI=1S/C14H12BrN3/c1-18-7-6-16-14(18)17-13-5-3-10-8-12(15)4-2-11(10)9-13/h2-9H,1H3,(H,16,17). The highest BCUT2D eigenvalue weighted by molar-refractivity contribution is 9.10. The maximum absolute atomic E-state index is 4.25. The maximum atomic E-state index is 4.25. The molecular formula is C14H12BrN3. The van der Waals surface area contributed by atoms with Gasteiger partial charge in [0, 0.05) is 29.6 Å². The fourth-order valence-electron chi connectivity index (χ4n) is 1.91. The van der Waals surface area contributed by atoms with Crippen LogP contribution in [0.5, 0.6) is 0 Å². The summed E-state index contributed by atoms with van der Waals surface area (Å²) in [5.41, 5.74) is 1.04. The lowest BCUT2D eigenvalue weighted by atomic mass is 10.1. The first kappa shape index (κ1) is 11.3. The van der Waals surface area contributed by atoms with Crippen LogP contribution in [0.25, 0.3) is 10.8 Å². The van der Waals surface area contributed by atoms with Gasteiger partial charge >= 0.3 is 0 Å². The third-order valence-electron chi connectivity index (χ3n) is 2.88. The average Bonchev–Trinajstić information content (AvgIpc) is 2.75. The largest absolute Gasteiger partial charge is 0.326 e. The number of aromatic nitrogens is 2. The molecule has 3 nitrogen and oxygen atoms in total. The van der Waals surface area contributed by atoms with Gasteiger partial charge in [-0.2, -0.15) is 0 Å². The monoisotopic (exact) mass is 301 g/mol. The van der Waals surface area contributed by atoms with Crippen LogP contribution in [0, 0.1) is 0 Å². The molecule has 0 aliphatic rings. The second-order valence-electron chi connectivity index (χ2n) is 4.19. The zero-order valence-electron chi connectivity index (χ0n) is 9.89. The van der Waals surface area contributed by atoms with Crippen molar-refractivity contribution in [3.63, 3.8) is 0 Å². The van der Waals surface area contributed by atoms with Gasteiger partial charge in [-0.05, 0) is 35.0 Å². The molecule has 0 aliphatic carbocycles. The predicted molar refractivity (Wildman–Crippen MR) is 78.1 cm³/mol. The van der Waals surface area contributed by atoms with E-state index in [1.165, 1.54) is 10.8 Å². The van der Waals surface area contributed by atoms with Gasteiger partial charge in [-0.25, -0.2) is 4.98 Å². The highest BCUT2D eigenvalue weighted by Crippen LogP contribution is 2.24. The molecule has 1 aromatic heterocycles. The zero-order chi connectivity index (χ0) is 12.5. The molecule has 0 radical (unpaired) electrons. The van der Waals surface area contributed by atoms with Crippen molar-refractivity contribution in [3.05, 3.63) is 53.3 Å². The Hall–Kier alpha value is -1.81. The molecule has 0 bridgehead atoms. The van der Waals surface area contributed by atoms with Crippen molar-refractivity contribution in [3.8, 4) is 0 Å². The van der Waals surface area contributed by atoms with Crippen molar-refractivity contribution in [1.82, 2.24) is 9.55 Å². The second kappa shape index (κ2) is 4.46. The van der Waals surface area contributed by atoms with Crippen molar-refractivity contribution in [2.45, 2.75) is 0 Å². The van der Waals surface area contributed by atoms with E-state index in [0.29, 0.717) is 0 Å². The van der Waals surface area contributed by atoms with Crippen molar-refractivity contribution in [2.75, 3.05) is 5.32 Å². The molecule has 4 heteroatoms. The Labute approximate surface area is 114 Å². The predicted octanol–water partition coefficient (Wildman–Crippen LogP) is 4.08. The summed E-state index contributed by atoms with van der Waals surface area (Å²) in [4.78, 5) is 4.25. The first-order valence-electron chi connectivity index (χ1n) is 5.66. The summed E-state index contributed by atoms with van der Waals surface area (Å²) in [6.45, 7) is 0. The van der Waals surface area contributed by atoms with E-state index in [4.69, 9.17) is 0 Å². The van der Waals surface area contributed by atoms with Crippen LogP contribution in [0.1, 0.15) is 0 Å². The Balaban J connectivity index is 1.99. The van der Waals surface area contributed by atoms with Crippen molar-refractivity contribution in [2.24, 2.45) is 7.05 Å². The van der Waals surface area contributed by atoms with Gasteiger partial charge < -0.3 is 9.88 Å². The molecule has 18 heavy (non-hydrogen) atoms. The molecule has 1 heterocycles. The smallest absolute Gasteiger partial charge is 0.207 e. The molecule has 0 saturated carbocycles. The number of rotatable bonds is 2. The number of halogens is 1. The van der Waals surface area contributed by atoms with Gasteiger partial charge in [-0.15, -0.1) is 0 Å². The quantitative estimate of drug-likeness (QED) is 0.773. The first-order valence-corrected chi connectivity index (χ1v) is 6.45. The number of aryl methyl sites for hydroxylation is 1. The van der Waals surface area contributed by atoms with Crippen molar-refractivity contribution >= 4 is 38.3 Å². The number of nitrogens with one attached hydrogen (secondary N) is 1. The van der Waals surface area contributed by atoms with E-state index >= 15 is 0 Å². The molecule has 0 amide bonds. The van der Waals surface area contributed by atoms with E-state index in [1.54, 1.807) is 6.20 Å². The Morgan fingerprint density at radius 3 is 2.67 bits per heavy atom. The van der Waals surface area contributed by atoms with E-state index in [9.17, 15) is 0 Å². The van der Waals surface area contributed by atoms with E-state index in [0.717, 1.165) is 16.1 Å². The molecule has 0 unspecified atom stereocenters. The summed E-state index contributed by atoms with van der Waals surface area (Å²) in [6.07, 6.45) is 3.70. The third kappa shape index (κ3) is 2.11. The van der Waals surface area contributed by atoms with Crippen LogP contribution in [0.3, 0.4) is 0 Å². The number of hydrogen-bond donors (Lipinski definition) is 1. The molecule has 3 aromatic rings. The number of fused-ring (bicyclic) bond motifs is 1. The molecule has 0 fully saturated rings. The fraction of sp³-hybridized carbons (Fsp3) is 0.0714. The lowest BCUT2D eigenvalue weighted by molar-refractivity contribution is 0.924. The van der Waals surface area contributed by atoms with Gasteiger partial charge in [0.25, 0.3) is 0 Å². The molecule has 2 aromatic carbocycles. The summed E-state index contributed by atoms with van der Waals surface area (Å²) < 4.78 is 3.05. The van der Waals surface area contributed by atoms with Crippen LogP contribution in [-0.4, -0.2) is 9.55 Å². The molecule has 90 valence electrons. The third-order valence-corrected chi connectivity index (χ3v) is 3.37. The minimum atomic E-state index is 0.839. The highest BCUT2D eigenvalue weighted by atomic mass is 79.9. The molecule has 0 saturated heterocycles. The molecular weight excluding hydrogens is 290 g/mol. The topological polar surface area (TPSA) is 29.9 Å². The number of benzene rings is 2. The van der Waals surface area contributed by atoms with Gasteiger partial charge in [0.05, 0.1) is 0 Å². The van der Waals surface area contributed by atoms with E-state index in [2.05, 4.69) is 56.6 Å². The van der Waals surface area contributed by atoms with Crippen LogP contribution in [0.15, 0.2) is 53.3 Å². The van der Waals surface area contributed by atoms with Crippen LogP contribution in [0.4, 0.5) is 11.6 Å². The Kier molecular flexibility index (Phi) is 2.80. The number of imidazole rings is 1. The normalized spacial score (nSPS) is 10.8. The average molecular weight is 302 g/mol.